The van der Waals surface area contributed by atoms with Gasteiger partial charge >= 0.3 is 0 Å². The van der Waals surface area contributed by atoms with Crippen LogP contribution in [0.4, 0.5) is 0 Å². The Balaban J connectivity index is 1.62. The zero-order valence-corrected chi connectivity index (χ0v) is 16.4. The van der Waals surface area contributed by atoms with E-state index < -0.39 is 0 Å². The van der Waals surface area contributed by atoms with E-state index in [0.29, 0.717) is 6.04 Å². The van der Waals surface area contributed by atoms with E-state index >= 15 is 0 Å². The fraction of sp³-hybridized carbons (Fsp3) is 0.947. The van der Waals surface area contributed by atoms with E-state index in [-0.39, 0.29) is 0 Å². The van der Waals surface area contributed by atoms with Gasteiger partial charge in [-0.25, -0.2) is 0 Å². The van der Waals surface area contributed by atoms with Crippen LogP contribution in [0.3, 0.4) is 0 Å². The number of unbranched alkanes of at least 4 members (excludes halogenated alkanes) is 1. The summed E-state index contributed by atoms with van der Waals surface area (Å²) in [5.74, 6) is 1.00. The summed E-state index contributed by atoms with van der Waals surface area (Å²) in [4.78, 5) is 9.86. The van der Waals surface area contributed by atoms with Gasteiger partial charge in [-0.3, -0.25) is 9.89 Å². The van der Waals surface area contributed by atoms with Crippen LogP contribution in [0.15, 0.2) is 4.99 Å². The van der Waals surface area contributed by atoms with Gasteiger partial charge in [-0.2, -0.15) is 0 Å². The summed E-state index contributed by atoms with van der Waals surface area (Å²) in [6.07, 6.45) is 6.08. The minimum Gasteiger partial charge on any atom is -0.379 e. The standard InChI is InChI=1S/C19H39N5O/c1-3-10-23-12-7-18(8-13-23)22-19(20-4-2)21-9-5-6-11-24-14-16-25-17-15-24/h18H,3-17H2,1-2H3,(H2,20,21,22). The molecule has 2 aliphatic rings. The van der Waals surface area contributed by atoms with Gasteiger partial charge in [-0.15, -0.1) is 0 Å². The average Bonchev–Trinajstić information content (AvgIpc) is 2.64. The van der Waals surface area contributed by atoms with Crippen LogP contribution in [-0.2, 0) is 4.74 Å². The number of likely N-dealkylation sites (tertiary alicyclic amines) is 1. The molecule has 2 aliphatic heterocycles. The molecule has 2 saturated heterocycles. The van der Waals surface area contributed by atoms with Gasteiger partial charge in [0.1, 0.15) is 0 Å². The summed E-state index contributed by atoms with van der Waals surface area (Å²) in [6, 6.07) is 0.569. The van der Waals surface area contributed by atoms with Crippen LogP contribution in [0.2, 0.25) is 0 Å². The quantitative estimate of drug-likeness (QED) is 0.374. The first-order chi connectivity index (χ1) is 12.3. The molecule has 0 amide bonds. The summed E-state index contributed by atoms with van der Waals surface area (Å²) in [5, 5.41) is 7.05. The van der Waals surface area contributed by atoms with E-state index in [2.05, 4.69) is 34.3 Å². The van der Waals surface area contributed by atoms with Gasteiger partial charge in [-0.05, 0) is 52.1 Å². The van der Waals surface area contributed by atoms with Gasteiger partial charge < -0.3 is 20.3 Å². The van der Waals surface area contributed by atoms with E-state index in [1.54, 1.807) is 0 Å². The molecule has 0 radical (unpaired) electrons. The second-order valence-corrected chi connectivity index (χ2v) is 7.18. The number of nitrogens with one attached hydrogen (secondary N) is 2. The van der Waals surface area contributed by atoms with Crippen LogP contribution in [0.5, 0.6) is 0 Å². The van der Waals surface area contributed by atoms with Crippen LogP contribution >= 0.6 is 0 Å². The lowest BCUT2D eigenvalue weighted by Crippen LogP contribution is -2.48. The van der Waals surface area contributed by atoms with E-state index in [9.17, 15) is 0 Å². The van der Waals surface area contributed by atoms with Crippen molar-refractivity contribution in [3.63, 3.8) is 0 Å². The maximum absolute atomic E-state index is 5.39. The Hall–Kier alpha value is -0.850. The molecule has 6 heteroatoms. The van der Waals surface area contributed by atoms with Crippen molar-refractivity contribution in [3.8, 4) is 0 Å². The SMILES string of the molecule is CCCN1CCC(NC(=NCCCCN2CCOCC2)NCC)CC1. The fourth-order valence-electron chi connectivity index (χ4n) is 3.59. The lowest BCUT2D eigenvalue weighted by Gasteiger charge is -2.32. The minimum absolute atomic E-state index is 0.569. The Labute approximate surface area is 154 Å². The van der Waals surface area contributed by atoms with Crippen molar-refractivity contribution in [3.05, 3.63) is 0 Å². The minimum atomic E-state index is 0.569. The van der Waals surface area contributed by atoms with Gasteiger partial charge in [0.25, 0.3) is 0 Å². The molecule has 0 spiro atoms. The van der Waals surface area contributed by atoms with Gasteiger partial charge in [0.15, 0.2) is 5.96 Å². The third-order valence-electron chi connectivity index (χ3n) is 5.07. The molecule has 0 atom stereocenters. The van der Waals surface area contributed by atoms with Crippen molar-refractivity contribution in [2.24, 2.45) is 4.99 Å². The van der Waals surface area contributed by atoms with E-state index in [1.165, 1.54) is 51.9 Å². The smallest absolute Gasteiger partial charge is 0.191 e. The number of rotatable bonds is 9. The van der Waals surface area contributed by atoms with Crippen LogP contribution in [0.1, 0.15) is 46.0 Å². The number of morpholine rings is 1. The second-order valence-electron chi connectivity index (χ2n) is 7.18. The second kappa shape index (κ2) is 12.5. The third kappa shape index (κ3) is 8.38. The molecule has 2 rings (SSSR count). The lowest BCUT2D eigenvalue weighted by molar-refractivity contribution is 0.0373. The van der Waals surface area contributed by atoms with E-state index in [4.69, 9.17) is 9.73 Å². The van der Waals surface area contributed by atoms with Crippen molar-refractivity contribution in [2.45, 2.75) is 52.0 Å². The molecular weight excluding hydrogens is 314 g/mol. The average molecular weight is 354 g/mol. The maximum Gasteiger partial charge on any atom is 0.191 e. The summed E-state index contributed by atoms with van der Waals surface area (Å²) >= 11 is 0. The molecule has 0 unspecified atom stereocenters. The predicted octanol–water partition coefficient (Wildman–Crippen LogP) is 1.53. The largest absolute Gasteiger partial charge is 0.379 e. The lowest BCUT2D eigenvalue weighted by atomic mass is 10.1. The van der Waals surface area contributed by atoms with E-state index in [1.807, 2.05) is 0 Å². The molecular formula is C19H39N5O. The van der Waals surface area contributed by atoms with Crippen LogP contribution in [0.25, 0.3) is 0 Å². The van der Waals surface area contributed by atoms with Crippen molar-refractivity contribution in [1.82, 2.24) is 20.4 Å². The van der Waals surface area contributed by atoms with Crippen LogP contribution in [0, 0.1) is 0 Å². The highest BCUT2D eigenvalue weighted by Gasteiger charge is 2.19. The Kier molecular flexibility index (Phi) is 10.2. The molecule has 0 aromatic carbocycles. The highest BCUT2D eigenvalue weighted by molar-refractivity contribution is 5.80. The van der Waals surface area contributed by atoms with Crippen molar-refractivity contribution in [1.29, 1.82) is 0 Å². The molecule has 2 N–H and O–H groups in total. The first kappa shape index (κ1) is 20.5. The van der Waals surface area contributed by atoms with Crippen LogP contribution < -0.4 is 10.6 Å². The molecule has 25 heavy (non-hydrogen) atoms. The van der Waals surface area contributed by atoms with Gasteiger partial charge in [-0.1, -0.05) is 6.92 Å². The van der Waals surface area contributed by atoms with Crippen molar-refractivity contribution >= 4 is 5.96 Å². The molecule has 0 aromatic rings. The van der Waals surface area contributed by atoms with Crippen molar-refractivity contribution < 1.29 is 4.74 Å². The molecule has 0 bridgehead atoms. The highest BCUT2D eigenvalue weighted by Crippen LogP contribution is 2.10. The van der Waals surface area contributed by atoms with E-state index in [0.717, 1.165) is 51.8 Å². The number of ether oxygens (including phenoxy) is 1. The molecule has 0 aromatic heterocycles. The number of piperidine rings is 1. The highest BCUT2D eigenvalue weighted by atomic mass is 16.5. The Morgan fingerprint density at radius 2 is 1.72 bits per heavy atom. The Morgan fingerprint density at radius 3 is 2.40 bits per heavy atom. The molecule has 0 saturated carbocycles. The zero-order valence-electron chi connectivity index (χ0n) is 16.4. The molecule has 2 fully saturated rings. The number of guanidine groups is 1. The fourth-order valence-corrected chi connectivity index (χ4v) is 3.59. The maximum atomic E-state index is 5.39. The normalized spacial score (nSPS) is 21.4. The summed E-state index contributed by atoms with van der Waals surface area (Å²) in [6.45, 7) is 15.0. The van der Waals surface area contributed by atoms with Gasteiger partial charge in [0.05, 0.1) is 13.2 Å². The molecule has 6 nitrogen and oxygen atoms in total. The number of nitrogens with zero attached hydrogens (tertiary/aromatic N) is 3. The van der Waals surface area contributed by atoms with Crippen LogP contribution in [-0.4, -0.2) is 87.4 Å². The predicted molar refractivity (Wildman–Crippen MR) is 105 cm³/mol. The molecule has 2 heterocycles. The number of aliphatic imine (C=N–C) groups is 1. The zero-order chi connectivity index (χ0) is 17.7. The Bertz CT molecular complexity index is 363. The number of hydrogen-bond acceptors (Lipinski definition) is 4. The molecule has 146 valence electrons. The number of hydrogen-bond donors (Lipinski definition) is 2. The molecule has 0 aliphatic carbocycles. The summed E-state index contributed by atoms with van der Waals surface area (Å²) in [7, 11) is 0. The monoisotopic (exact) mass is 353 g/mol. The summed E-state index contributed by atoms with van der Waals surface area (Å²) < 4.78 is 5.39. The summed E-state index contributed by atoms with van der Waals surface area (Å²) in [5.41, 5.74) is 0. The first-order valence-electron chi connectivity index (χ1n) is 10.4. The topological polar surface area (TPSA) is 52.1 Å². The van der Waals surface area contributed by atoms with Gasteiger partial charge in [0.2, 0.25) is 0 Å². The third-order valence-corrected chi connectivity index (χ3v) is 5.07. The first-order valence-corrected chi connectivity index (χ1v) is 10.4. The van der Waals surface area contributed by atoms with Crippen molar-refractivity contribution in [2.75, 3.05) is 65.6 Å². The Morgan fingerprint density at radius 1 is 1.00 bits per heavy atom. The van der Waals surface area contributed by atoms with Gasteiger partial charge in [0, 0.05) is 45.3 Å².